The number of rotatable bonds is 6. The molecule has 0 radical (unpaired) electrons. The highest BCUT2D eigenvalue weighted by Gasteiger charge is 2.54. The first-order chi connectivity index (χ1) is 12.5. The van der Waals surface area contributed by atoms with Crippen LogP contribution in [0.4, 0.5) is 0 Å². The van der Waals surface area contributed by atoms with Crippen molar-refractivity contribution in [2.24, 2.45) is 5.16 Å². The lowest BCUT2D eigenvalue weighted by Crippen LogP contribution is -2.71. The Morgan fingerprint density at radius 1 is 1.54 bits per heavy atom. The highest BCUT2D eigenvalue weighted by molar-refractivity contribution is 8.00. The van der Waals surface area contributed by atoms with Crippen molar-refractivity contribution in [3.8, 4) is 0 Å². The second-order valence-corrected chi connectivity index (χ2v) is 6.48. The largest absolute Gasteiger partial charge is 0.477 e. The van der Waals surface area contributed by atoms with Gasteiger partial charge >= 0.3 is 5.97 Å². The summed E-state index contributed by atoms with van der Waals surface area (Å²) in [5, 5.41) is 24.2. The fourth-order valence-corrected chi connectivity index (χ4v) is 4.05. The number of thioether (sulfide) groups is 1. The van der Waals surface area contributed by atoms with Gasteiger partial charge in [0.25, 0.3) is 11.8 Å². The van der Waals surface area contributed by atoms with Gasteiger partial charge in [-0.05, 0) is 17.7 Å². The molecule has 0 unspecified atom stereocenters. The van der Waals surface area contributed by atoms with Crippen LogP contribution in [-0.4, -0.2) is 69.5 Å². The van der Waals surface area contributed by atoms with Crippen molar-refractivity contribution in [1.29, 1.82) is 0 Å². The fraction of sp³-hybridized carbons (Fsp3) is 0.333. The number of nitrogens with one attached hydrogen (secondary N) is 1. The van der Waals surface area contributed by atoms with E-state index in [0.29, 0.717) is 0 Å². The van der Waals surface area contributed by atoms with E-state index in [4.69, 9.17) is 4.42 Å². The normalized spacial score (nSPS) is 22.6. The molecule has 3 heterocycles. The second-order valence-electron chi connectivity index (χ2n) is 5.38. The monoisotopic (exact) mass is 381 g/mol. The zero-order valence-corrected chi connectivity index (χ0v) is 14.4. The summed E-state index contributed by atoms with van der Waals surface area (Å²) >= 11 is 1.26. The predicted molar refractivity (Wildman–Crippen MR) is 89.0 cm³/mol. The van der Waals surface area contributed by atoms with Crippen molar-refractivity contribution in [2.45, 2.75) is 11.4 Å². The molecular formula is C15H15N3O7S. The average Bonchev–Trinajstić information content (AvgIpc) is 3.16. The number of furan rings is 1. The maximum Gasteiger partial charge on any atom is 0.352 e. The first-order valence-electron chi connectivity index (χ1n) is 7.46. The molecule has 26 heavy (non-hydrogen) atoms. The highest BCUT2D eigenvalue weighted by Crippen LogP contribution is 2.40. The molecule has 0 spiro atoms. The molecule has 2 amide bonds. The van der Waals surface area contributed by atoms with Gasteiger partial charge in [-0.25, -0.2) is 4.79 Å². The number of carboxylic acids is 1. The van der Waals surface area contributed by atoms with E-state index in [1.54, 1.807) is 6.07 Å². The van der Waals surface area contributed by atoms with Crippen molar-refractivity contribution < 1.29 is 33.9 Å². The number of nitrogens with zero attached hydrogens (tertiary/aromatic N) is 2. The Morgan fingerprint density at radius 2 is 2.31 bits per heavy atom. The molecule has 2 aliphatic heterocycles. The van der Waals surface area contributed by atoms with Crippen molar-refractivity contribution in [2.75, 3.05) is 19.5 Å². The lowest BCUT2D eigenvalue weighted by molar-refractivity contribution is -0.150. The van der Waals surface area contributed by atoms with Crippen LogP contribution in [0.2, 0.25) is 0 Å². The topological polar surface area (TPSA) is 142 Å². The van der Waals surface area contributed by atoms with E-state index < -0.39 is 35.8 Å². The van der Waals surface area contributed by atoms with Gasteiger partial charge < -0.3 is 24.8 Å². The SMILES string of the molecule is CON=C(C(=O)N[C@@H]1C(=O)N2C(C(=O)O)=C(CO)CS[C@H]12)c1ccco1. The van der Waals surface area contributed by atoms with Crippen LogP contribution in [0.25, 0.3) is 0 Å². The lowest BCUT2D eigenvalue weighted by atomic mass is 10.0. The number of carboxylic acid groups (broad SMARTS) is 1. The van der Waals surface area contributed by atoms with Crippen molar-refractivity contribution in [1.82, 2.24) is 10.2 Å². The van der Waals surface area contributed by atoms with E-state index in [0.717, 1.165) is 4.90 Å². The number of fused-ring (bicyclic) bond motifs is 1. The van der Waals surface area contributed by atoms with Crippen LogP contribution in [0.1, 0.15) is 5.76 Å². The van der Waals surface area contributed by atoms with Crippen LogP contribution in [0, 0.1) is 0 Å². The van der Waals surface area contributed by atoms with Crippen LogP contribution < -0.4 is 5.32 Å². The Balaban J connectivity index is 1.78. The molecule has 0 saturated carbocycles. The third-order valence-corrected chi connectivity index (χ3v) is 5.22. The Labute approximate surface area is 151 Å². The van der Waals surface area contributed by atoms with Crippen molar-refractivity contribution in [3.05, 3.63) is 35.4 Å². The molecule has 2 atom stereocenters. The summed E-state index contributed by atoms with van der Waals surface area (Å²) in [6.45, 7) is -0.453. The number of carbonyl (C=O) groups excluding carboxylic acids is 2. The molecule has 1 saturated heterocycles. The molecule has 1 aromatic heterocycles. The summed E-state index contributed by atoms with van der Waals surface area (Å²) in [5.41, 5.74) is -0.118. The quantitative estimate of drug-likeness (QED) is 0.336. The maximum absolute atomic E-state index is 12.5. The van der Waals surface area contributed by atoms with Crippen molar-refractivity contribution >= 4 is 35.3 Å². The molecule has 2 aliphatic rings. The minimum atomic E-state index is -1.30. The predicted octanol–water partition coefficient (Wildman–Crippen LogP) is -0.639. The Morgan fingerprint density at radius 3 is 2.88 bits per heavy atom. The molecule has 3 N–H and O–H groups in total. The van der Waals surface area contributed by atoms with Gasteiger partial charge in [-0.2, -0.15) is 0 Å². The van der Waals surface area contributed by atoms with Crippen LogP contribution >= 0.6 is 11.8 Å². The van der Waals surface area contributed by atoms with Gasteiger partial charge in [-0.3, -0.25) is 14.5 Å². The number of carbonyl (C=O) groups is 3. The number of amides is 2. The van der Waals surface area contributed by atoms with Gasteiger partial charge in [0.15, 0.2) is 5.76 Å². The van der Waals surface area contributed by atoms with Crippen LogP contribution in [0.15, 0.2) is 39.2 Å². The van der Waals surface area contributed by atoms with Crippen LogP contribution in [-0.2, 0) is 19.2 Å². The van der Waals surface area contributed by atoms with Gasteiger partial charge in [0.1, 0.15) is 24.2 Å². The molecule has 0 bridgehead atoms. The summed E-state index contributed by atoms with van der Waals surface area (Å²) < 4.78 is 5.13. The zero-order valence-electron chi connectivity index (χ0n) is 13.5. The molecule has 1 fully saturated rings. The number of β-lactam (4-membered cyclic amide) rings is 1. The van der Waals surface area contributed by atoms with E-state index in [2.05, 4.69) is 15.3 Å². The minimum Gasteiger partial charge on any atom is -0.477 e. The third-order valence-electron chi connectivity index (χ3n) is 3.88. The van der Waals surface area contributed by atoms with Gasteiger partial charge in [-0.15, -0.1) is 11.8 Å². The number of aliphatic hydroxyl groups is 1. The van der Waals surface area contributed by atoms with E-state index in [1.807, 2.05) is 0 Å². The first-order valence-corrected chi connectivity index (χ1v) is 8.51. The third kappa shape index (κ3) is 2.95. The first kappa shape index (κ1) is 18.0. The second kappa shape index (κ2) is 7.22. The number of aliphatic hydroxyl groups excluding tert-OH is 1. The summed E-state index contributed by atoms with van der Waals surface area (Å²) in [4.78, 5) is 42.0. The Bertz CT molecular complexity index is 802. The van der Waals surface area contributed by atoms with E-state index in [-0.39, 0.29) is 28.5 Å². The number of oxime groups is 1. The zero-order chi connectivity index (χ0) is 18.8. The molecule has 11 heteroatoms. The molecule has 138 valence electrons. The van der Waals surface area contributed by atoms with E-state index in [1.165, 1.54) is 31.2 Å². The van der Waals surface area contributed by atoms with Gasteiger partial charge in [0, 0.05) is 5.75 Å². The highest BCUT2D eigenvalue weighted by atomic mass is 32.2. The summed E-state index contributed by atoms with van der Waals surface area (Å²) in [7, 11) is 1.27. The van der Waals surface area contributed by atoms with Gasteiger partial charge in [0.05, 0.1) is 12.9 Å². The summed E-state index contributed by atoms with van der Waals surface area (Å²) in [6, 6.07) is 2.17. The van der Waals surface area contributed by atoms with Crippen molar-refractivity contribution in [3.63, 3.8) is 0 Å². The molecule has 10 nitrogen and oxygen atoms in total. The number of hydrogen-bond donors (Lipinski definition) is 3. The smallest absolute Gasteiger partial charge is 0.352 e. The lowest BCUT2D eigenvalue weighted by Gasteiger charge is -2.49. The summed E-state index contributed by atoms with van der Waals surface area (Å²) in [5.74, 6) is -2.15. The molecule has 0 aromatic carbocycles. The van der Waals surface area contributed by atoms with Gasteiger partial charge in [-0.1, -0.05) is 5.16 Å². The molecule has 1 aromatic rings. The minimum absolute atomic E-state index is 0.144. The summed E-state index contributed by atoms with van der Waals surface area (Å²) in [6.07, 6.45) is 1.36. The van der Waals surface area contributed by atoms with Crippen LogP contribution in [0.3, 0.4) is 0 Å². The molecular weight excluding hydrogens is 366 g/mol. The molecule has 0 aliphatic carbocycles. The maximum atomic E-state index is 12.5. The Kier molecular flexibility index (Phi) is 5.00. The van der Waals surface area contributed by atoms with Gasteiger partial charge in [0.2, 0.25) is 5.71 Å². The van der Waals surface area contributed by atoms with E-state index >= 15 is 0 Å². The number of aliphatic carboxylic acids is 1. The van der Waals surface area contributed by atoms with Crippen LogP contribution in [0.5, 0.6) is 0 Å². The Hall–Kier alpha value is -2.79. The molecule has 3 rings (SSSR count). The van der Waals surface area contributed by atoms with E-state index in [9.17, 15) is 24.6 Å². The fourth-order valence-electron chi connectivity index (χ4n) is 2.72. The number of hydrogen-bond acceptors (Lipinski definition) is 8. The average molecular weight is 381 g/mol. The standard InChI is InChI=1S/C15H15N3O7S/c1-24-17-9(8-3-2-4-25-8)12(20)16-10-13(21)18-11(15(22)23)7(5-19)6-26-14(10)18/h2-4,10,14,19H,5-6H2,1H3,(H,16,20)(H,22,23)/t10-,14-/m1/s1.